The number of rotatable bonds is 5. The maximum Gasteiger partial charge on any atom is 0.282 e. The number of ether oxygens (including phenoxy) is 1. The zero-order chi connectivity index (χ0) is 20.2. The number of hydrogen-bond acceptors (Lipinski definition) is 3. The molecule has 0 spiro atoms. The minimum Gasteiger partial charge on any atom is -0.489 e. The van der Waals surface area contributed by atoms with Gasteiger partial charge in [0.25, 0.3) is 11.8 Å². The van der Waals surface area contributed by atoms with E-state index in [1.807, 2.05) is 67.6 Å². The number of aryl methyl sites for hydroxylation is 1. The Morgan fingerprint density at radius 2 is 1.72 bits per heavy atom. The van der Waals surface area contributed by atoms with Crippen LogP contribution in [0.15, 0.2) is 84.4 Å². The second-order valence-corrected chi connectivity index (χ2v) is 6.83. The molecule has 4 rings (SSSR count). The van der Waals surface area contributed by atoms with Crippen LogP contribution in [0.1, 0.15) is 16.7 Å². The summed E-state index contributed by atoms with van der Waals surface area (Å²) in [4.78, 5) is 25.0. The molecule has 1 heterocycles. The molecular weight excluding hydrogens is 364 g/mol. The van der Waals surface area contributed by atoms with Crippen LogP contribution in [0.3, 0.4) is 0 Å². The molecule has 3 aromatic rings. The largest absolute Gasteiger partial charge is 0.489 e. The first-order valence-electron chi connectivity index (χ1n) is 9.31. The normalized spacial score (nSPS) is 14.9. The van der Waals surface area contributed by atoms with Gasteiger partial charge >= 0.3 is 0 Å². The van der Waals surface area contributed by atoms with Gasteiger partial charge in [-0.3, -0.25) is 15.0 Å². The quantitative estimate of drug-likeness (QED) is 0.534. The predicted molar refractivity (Wildman–Crippen MR) is 112 cm³/mol. The Bertz CT molecular complexity index is 1090. The van der Waals surface area contributed by atoms with Crippen LogP contribution in [0.5, 0.6) is 5.75 Å². The molecule has 1 aliphatic heterocycles. The number of hydrazine groups is 1. The molecule has 29 heavy (non-hydrogen) atoms. The van der Waals surface area contributed by atoms with Crippen LogP contribution in [-0.4, -0.2) is 11.8 Å². The van der Waals surface area contributed by atoms with Crippen LogP contribution >= 0.6 is 0 Å². The van der Waals surface area contributed by atoms with E-state index in [9.17, 15) is 9.59 Å². The number of benzene rings is 3. The lowest BCUT2D eigenvalue weighted by molar-refractivity contribution is -0.117. The molecule has 1 N–H and O–H groups in total. The van der Waals surface area contributed by atoms with Gasteiger partial charge in [-0.1, -0.05) is 60.2 Å². The fourth-order valence-electron chi connectivity index (χ4n) is 3.15. The van der Waals surface area contributed by atoms with Crippen molar-refractivity contribution in [3.63, 3.8) is 0 Å². The van der Waals surface area contributed by atoms with E-state index in [0.717, 1.165) is 11.1 Å². The highest BCUT2D eigenvalue weighted by molar-refractivity contribution is 6.31. The van der Waals surface area contributed by atoms with Crippen LogP contribution in [0.2, 0.25) is 0 Å². The standard InChI is InChI=1S/C24H20N2O3/c1-17-7-5-9-19(13-17)16-29-21-12-6-8-18(14-21)15-22-23(27)25-26(24(22)28)20-10-3-2-4-11-20/h2-15H,16H2,1H3,(H,25,27)/b22-15-. The van der Waals surface area contributed by atoms with Crippen LogP contribution in [0, 0.1) is 6.92 Å². The second kappa shape index (κ2) is 8.02. The topological polar surface area (TPSA) is 58.6 Å². The molecule has 5 nitrogen and oxygen atoms in total. The molecule has 5 heteroatoms. The summed E-state index contributed by atoms with van der Waals surface area (Å²) in [7, 11) is 0. The first-order chi connectivity index (χ1) is 14.1. The molecule has 0 saturated carbocycles. The molecule has 0 bridgehead atoms. The van der Waals surface area contributed by atoms with Crippen molar-refractivity contribution in [2.75, 3.05) is 5.01 Å². The number of para-hydroxylation sites is 1. The maximum absolute atomic E-state index is 12.7. The number of carbonyl (C=O) groups is 2. The summed E-state index contributed by atoms with van der Waals surface area (Å²) in [5.74, 6) is -0.135. The highest BCUT2D eigenvalue weighted by Gasteiger charge is 2.34. The molecule has 144 valence electrons. The molecule has 0 aliphatic carbocycles. The van der Waals surface area contributed by atoms with Crippen LogP contribution in [0.25, 0.3) is 6.08 Å². The third kappa shape index (κ3) is 4.19. The van der Waals surface area contributed by atoms with Crippen molar-refractivity contribution < 1.29 is 14.3 Å². The molecule has 0 unspecified atom stereocenters. The summed E-state index contributed by atoms with van der Waals surface area (Å²) in [6, 6.07) is 24.5. The van der Waals surface area contributed by atoms with Crippen molar-refractivity contribution in [1.29, 1.82) is 0 Å². The number of nitrogens with one attached hydrogen (secondary N) is 1. The lowest BCUT2D eigenvalue weighted by Crippen LogP contribution is -2.35. The second-order valence-electron chi connectivity index (χ2n) is 6.83. The molecule has 1 saturated heterocycles. The first-order valence-corrected chi connectivity index (χ1v) is 9.31. The van der Waals surface area contributed by atoms with E-state index in [0.29, 0.717) is 18.0 Å². The number of anilines is 1. The molecule has 0 radical (unpaired) electrons. The molecule has 0 aromatic heterocycles. The van der Waals surface area contributed by atoms with Crippen LogP contribution < -0.4 is 15.2 Å². The highest BCUT2D eigenvalue weighted by atomic mass is 16.5. The van der Waals surface area contributed by atoms with Gasteiger partial charge in [0.15, 0.2) is 0 Å². The van der Waals surface area contributed by atoms with Gasteiger partial charge in [-0.25, -0.2) is 5.01 Å². The summed E-state index contributed by atoms with van der Waals surface area (Å²) < 4.78 is 5.87. The average Bonchev–Trinajstić information content (AvgIpc) is 3.02. The molecule has 1 fully saturated rings. The SMILES string of the molecule is Cc1cccc(COc2cccc(/C=C3/C(=O)NN(c4ccccc4)C3=O)c2)c1. The Morgan fingerprint density at radius 3 is 2.52 bits per heavy atom. The van der Waals surface area contributed by atoms with Crippen LogP contribution in [0.4, 0.5) is 5.69 Å². The van der Waals surface area contributed by atoms with Gasteiger partial charge in [0, 0.05) is 0 Å². The van der Waals surface area contributed by atoms with Gasteiger partial charge in [0.1, 0.15) is 17.9 Å². The molecule has 0 atom stereocenters. The first kappa shape index (κ1) is 18.5. The van der Waals surface area contributed by atoms with Crippen molar-refractivity contribution in [2.45, 2.75) is 13.5 Å². The maximum atomic E-state index is 12.7. The van der Waals surface area contributed by atoms with Gasteiger partial charge in [-0.05, 0) is 48.4 Å². The molecule has 3 aromatic carbocycles. The minimum absolute atomic E-state index is 0.0877. The summed E-state index contributed by atoms with van der Waals surface area (Å²) in [6.45, 7) is 2.49. The number of nitrogens with zero attached hydrogens (tertiary/aromatic N) is 1. The third-order valence-corrected chi connectivity index (χ3v) is 4.56. The van der Waals surface area contributed by atoms with Crippen molar-refractivity contribution in [3.05, 3.63) is 101 Å². The average molecular weight is 384 g/mol. The fourth-order valence-corrected chi connectivity index (χ4v) is 3.15. The number of carbonyl (C=O) groups excluding carboxylic acids is 2. The zero-order valence-corrected chi connectivity index (χ0v) is 16.0. The highest BCUT2D eigenvalue weighted by Crippen LogP contribution is 2.23. The van der Waals surface area contributed by atoms with Gasteiger partial charge in [-0.15, -0.1) is 0 Å². The Labute approximate surface area is 169 Å². The van der Waals surface area contributed by atoms with Crippen LogP contribution in [-0.2, 0) is 16.2 Å². The minimum atomic E-state index is -0.426. The van der Waals surface area contributed by atoms with E-state index in [1.54, 1.807) is 18.2 Å². The van der Waals surface area contributed by atoms with Gasteiger partial charge in [0.2, 0.25) is 0 Å². The zero-order valence-electron chi connectivity index (χ0n) is 16.0. The van der Waals surface area contributed by atoms with Crippen molar-refractivity contribution in [3.8, 4) is 5.75 Å². The van der Waals surface area contributed by atoms with Gasteiger partial charge in [0.05, 0.1) is 5.69 Å². The summed E-state index contributed by atoms with van der Waals surface area (Å²) in [6.07, 6.45) is 1.58. The predicted octanol–water partition coefficient (Wildman–Crippen LogP) is 4.04. The summed E-state index contributed by atoms with van der Waals surface area (Å²) in [5.41, 5.74) is 6.29. The van der Waals surface area contributed by atoms with Gasteiger partial charge < -0.3 is 4.74 Å². The Hall–Kier alpha value is -3.86. The van der Waals surface area contributed by atoms with Crippen molar-refractivity contribution >= 4 is 23.6 Å². The fraction of sp³-hybridized carbons (Fsp3) is 0.0833. The summed E-state index contributed by atoms with van der Waals surface area (Å²) >= 11 is 0. The molecule has 1 aliphatic rings. The van der Waals surface area contributed by atoms with Gasteiger partial charge in [-0.2, -0.15) is 0 Å². The lowest BCUT2D eigenvalue weighted by atomic mass is 10.1. The van der Waals surface area contributed by atoms with E-state index < -0.39 is 5.91 Å². The van der Waals surface area contributed by atoms with E-state index in [2.05, 4.69) is 11.5 Å². The lowest BCUT2D eigenvalue weighted by Gasteiger charge is -2.13. The molecular formula is C24H20N2O3. The summed E-state index contributed by atoms with van der Waals surface area (Å²) in [5, 5.41) is 1.26. The van der Waals surface area contributed by atoms with E-state index in [-0.39, 0.29) is 11.5 Å². The van der Waals surface area contributed by atoms with E-state index >= 15 is 0 Å². The van der Waals surface area contributed by atoms with Crippen molar-refractivity contribution in [2.24, 2.45) is 0 Å². The Balaban J connectivity index is 1.51. The Morgan fingerprint density at radius 1 is 0.931 bits per heavy atom. The van der Waals surface area contributed by atoms with Crippen molar-refractivity contribution in [1.82, 2.24) is 5.43 Å². The molecule has 2 amide bonds. The third-order valence-electron chi connectivity index (χ3n) is 4.56. The van der Waals surface area contributed by atoms with E-state index in [4.69, 9.17) is 4.74 Å². The monoisotopic (exact) mass is 384 g/mol. The number of amides is 2. The Kier molecular flexibility index (Phi) is 5.12. The smallest absolute Gasteiger partial charge is 0.282 e. The van der Waals surface area contributed by atoms with E-state index in [1.165, 1.54) is 10.6 Å². The number of hydrogen-bond donors (Lipinski definition) is 1.